The number of aromatic nitrogens is 1. The van der Waals surface area contributed by atoms with Crippen molar-refractivity contribution in [1.29, 1.82) is 0 Å². The first-order valence-corrected chi connectivity index (χ1v) is 13.1. The first-order chi connectivity index (χ1) is 15.7. The number of hydrogen-bond donors (Lipinski definition) is 0. The van der Waals surface area contributed by atoms with Crippen LogP contribution in [-0.2, 0) is 6.54 Å². The van der Waals surface area contributed by atoms with E-state index < -0.39 is 0 Å². The Morgan fingerprint density at radius 3 is 2.61 bits per heavy atom. The Balaban J connectivity index is 0.00000259. The molecular formula is C27H26Cl2N2S2. The van der Waals surface area contributed by atoms with Crippen molar-refractivity contribution in [2.24, 2.45) is 0 Å². The fourth-order valence-corrected chi connectivity index (χ4v) is 6.93. The summed E-state index contributed by atoms with van der Waals surface area (Å²) in [6.07, 6.45) is 10.9. The fraction of sp³-hybridized carbons (Fsp3) is 0.222. The Bertz CT molecular complexity index is 1300. The molecule has 5 rings (SSSR count). The van der Waals surface area contributed by atoms with Gasteiger partial charge in [0.1, 0.15) is 11.2 Å². The molecule has 0 saturated carbocycles. The number of hydrogen-bond acceptors (Lipinski definition) is 3. The SMILES string of the molecule is CCN1/C(=C/C=C2\CCC(/C=C/c3sc4ccccc4[n+]3CC)=C2Cl)Sc2ccccc21.[Cl-]. The summed E-state index contributed by atoms with van der Waals surface area (Å²) in [5, 5.41) is 3.44. The lowest BCUT2D eigenvalue weighted by Crippen LogP contribution is -3.00. The molecule has 1 aliphatic heterocycles. The highest BCUT2D eigenvalue weighted by Gasteiger charge is 2.23. The first kappa shape index (κ1) is 24.2. The number of para-hydroxylation sites is 2. The Kier molecular flexibility index (Phi) is 7.70. The van der Waals surface area contributed by atoms with Crippen LogP contribution in [0.2, 0.25) is 0 Å². The molecule has 0 N–H and O–H groups in total. The molecule has 0 spiro atoms. The van der Waals surface area contributed by atoms with Crippen LogP contribution in [0.15, 0.2) is 92.9 Å². The number of benzene rings is 2. The van der Waals surface area contributed by atoms with E-state index in [9.17, 15) is 0 Å². The fourth-order valence-electron chi connectivity index (χ4n) is 4.36. The number of thiazole rings is 1. The summed E-state index contributed by atoms with van der Waals surface area (Å²) in [7, 11) is 0. The van der Waals surface area contributed by atoms with Crippen LogP contribution in [0.5, 0.6) is 0 Å². The largest absolute Gasteiger partial charge is 1.00 e. The minimum Gasteiger partial charge on any atom is -1.00 e. The van der Waals surface area contributed by atoms with Crippen LogP contribution in [0.3, 0.4) is 0 Å². The Labute approximate surface area is 215 Å². The predicted molar refractivity (Wildman–Crippen MR) is 140 cm³/mol. The summed E-state index contributed by atoms with van der Waals surface area (Å²) in [6, 6.07) is 17.2. The zero-order chi connectivity index (χ0) is 22.1. The van der Waals surface area contributed by atoms with Gasteiger partial charge in [0.2, 0.25) is 5.52 Å². The van der Waals surface area contributed by atoms with Crippen LogP contribution in [0.25, 0.3) is 16.3 Å². The lowest BCUT2D eigenvalue weighted by atomic mass is 10.2. The maximum Gasteiger partial charge on any atom is 0.262 e. The zero-order valence-corrected chi connectivity index (χ0v) is 21.9. The summed E-state index contributed by atoms with van der Waals surface area (Å²) < 4.78 is 3.69. The number of rotatable bonds is 5. The van der Waals surface area contributed by atoms with Gasteiger partial charge in [-0.05, 0) is 62.1 Å². The van der Waals surface area contributed by atoms with E-state index >= 15 is 0 Å². The second kappa shape index (κ2) is 10.5. The van der Waals surface area contributed by atoms with Crippen molar-refractivity contribution in [2.45, 2.75) is 38.1 Å². The van der Waals surface area contributed by atoms with Crippen LogP contribution in [-0.4, -0.2) is 6.54 Å². The van der Waals surface area contributed by atoms with Gasteiger partial charge in [-0.25, -0.2) is 0 Å². The van der Waals surface area contributed by atoms with Gasteiger partial charge in [-0.15, -0.1) is 0 Å². The molecule has 0 bridgehead atoms. The third-order valence-corrected chi connectivity index (χ3v) is 8.73. The highest BCUT2D eigenvalue weighted by atomic mass is 35.5. The third kappa shape index (κ3) is 4.67. The topological polar surface area (TPSA) is 7.12 Å². The summed E-state index contributed by atoms with van der Waals surface area (Å²) >= 11 is 10.5. The molecule has 0 radical (unpaired) electrons. The number of nitrogens with zero attached hydrogens (tertiary/aromatic N) is 2. The molecule has 2 heterocycles. The molecule has 0 unspecified atom stereocenters. The van der Waals surface area contributed by atoms with E-state index in [1.54, 1.807) is 0 Å². The van der Waals surface area contributed by atoms with Crippen molar-refractivity contribution in [2.75, 3.05) is 11.4 Å². The molecule has 3 aromatic rings. The number of fused-ring (bicyclic) bond motifs is 2. The summed E-state index contributed by atoms with van der Waals surface area (Å²) in [4.78, 5) is 3.69. The van der Waals surface area contributed by atoms with Crippen LogP contribution in [0.1, 0.15) is 31.7 Å². The number of anilines is 1. The van der Waals surface area contributed by atoms with E-state index in [-0.39, 0.29) is 12.4 Å². The average molecular weight is 514 g/mol. The van der Waals surface area contributed by atoms with Crippen molar-refractivity contribution >= 4 is 56.7 Å². The van der Waals surface area contributed by atoms with Crippen molar-refractivity contribution in [1.82, 2.24) is 0 Å². The standard InChI is InChI=1S/C27H26ClN2S2.ClH/c1-3-29-21-9-5-7-11-23(21)31-25(29)17-15-19-13-14-20(27(19)28)16-18-26-30(4-2)22-10-6-8-12-24(22)32-26;/h5-12,15-18H,3-4,13-14H2,1-2H3;1H/q+1;/p-1. The molecule has 0 atom stereocenters. The molecule has 1 aromatic heterocycles. The third-order valence-electron chi connectivity index (χ3n) is 5.99. The van der Waals surface area contributed by atoms with Crippen LogP contribution in [0, 0.1) is 0 Å². The first-order valence-electron chi connectivity index (χ1n) is 11.1. The van der Waals surface area contributed by atoms with Crippen molar-refractivity contribution < 1.29 is 17.0 Å². The molecule has 2 aliphatic rings. The van der Waals surface area contributed by atoms with Gasteiger partial charge in [-0.2, -0.15) is 4.57 Å². The van der Waals surface area contributed by atoms with E-state index in [0.29, 0.717) is 0 Å². The Hall–Kier alpha value is -1.98. The monoisotopic (exact) mass is 512 g/mol. The van der Waals surface area contributed by atoms with Gasteiger partial charge in [0.15, 0.2) is 0 Å². The highest BCUT2D eigenvalue weighted by molar-refractivity contribution is 8.03. The average Bonchev–Trinajstić information content (AvgIpc) is 3.48. The molecule has 33 heavy (non-hydrogen) atoms. The smallest absolute Gasteiger partial charge is 0.262 e. The van der Waals surface area contributed by atoms with Crippen molar-refractivity contribution in [3.05, 3.63) is 93.0 Å². The molecule has 0 amide bonds. The van der Waals surface area contributed by atoms with Gasteiger partial charge >= 0.3 is 0 Å². The van der Waals surface area contributed by atoms with E-state index in [1.807, 2.05) is 23.1 Å². The summed E-state index contributed by atoms with van der Waals surface area (Å²) in [5.41, 5.74) is 5.06. The maximum absolute atomic E-state index is 6.81. The highest BCUT2D eigenvalue weighted by Crippen LogP contribution is 2.46. The van der Waals surface area contributed by atoms with E-state index in [0.717, 1.165) is 31.0 Å². The lowest BCUT2D eigenvalue weighted by molar-refractivity contribution is -0.665. The molecule has 2 aromatic carbocycles. The maximum atomic E-state index is 6.81. The number of aryl methyl sites for hydroxylation is 1. The van der Waals surface area contributed by atoms with Gasteiger partial charge in [-0.1, -0.05) is 71.1 Å². The van der Waals surface area contributed by atoms with E-state index in [2.05, 4.69) is 96.1 Å². The Morgan fingerprint density at radius 1 is 1.00 bits per heavy atom. The van der Waals surface area contributed by atoms with Gasteiger partial charge in [0.25, 0.3) is 5.01 Å². The molecule has 0 fully saturated rings. The predicted octanol–water partition coefficient (Wildman–Crippen LogP) is 4.91. The van der Waals surface area contributed by atoms with Crippen molar-refractivity contribution in [3.8, 4) is 0 Å². The van der Waals surface area contributed by atoms with Gasteiger partial charge in [0.05, 0.1) is 10.7 Å². The molecule has 6 heteroatoms. The van der Waals surface area contributed by atoms with Gasteiger partial charge in [0, 0.05) is 28.6 Å². The summed E-state index contributed by atoms with van der Waals surface area (Å²) in [6.45, 7) is 6.32. The van der Waals surface area contributed by atoms with Gasteiger partial charge in [-0.3, -0.25) is 0 Å². The normalized spacial score (nSPS) is 18.2. The lowest BCUT2D eigenvalue weighted by Gasteiger charge is -2.17. The number of allylic oxidation sites excluding steroid dienone is 6. The molecule has 0 saturated heterocycles. The number of thioether (sulfide) groups is 1. The molecule has 1 aliphatic carbocycles. The molecule has 170 valence electrons. The second-order valence-electron chi connectivity index (χ2n) is 7.84. The van der Waals surface area contributed by atoms with Gasteiger partial charge < -0.3 is 17.3 Å². The van der Waals surface area contributed by atoms with Crippen LogP contribution < -0.4 is 21.9 Å². The molecule has 2 nitrogen and oxygen atoms in total. The van der Waals surface area contributed by atoms with Crippen LogP contribution >= 0.6 is 34.7 Å². The minimum atomic E-state index is 0. The minimum absolute atomic E-state index is 0. The van der Waals surface area contributed by atoms with E-state index in [1.165, 1.54) is 42.0 Å². The zero-order valence-electron chi connectivity index (χ0n) is 18.7. The quantitative estimate of drug-likeness (QED) is 0.448. The number of halogens is 2. The van der Waals surface area contributed by atoms with E-state index in [4.69, 9.17) is 11.6 Å². The second-order valence-corrected chi connectivity index (χ2v) is 10.3. The molecular weight excluding hydrogens is 487 g/mol. The Morgan fingerprint density at radius 2 is 1.79 bits per heavy atom. The van der Waals surface area contributed by atoms with Crippen LogP contribution in [0.4, 0.5) is 5.69 Å². The van der Waals surface area contributed by atoms with Crippen molar-refractivity contribution in [3.63, 3.8) is 0 Å². The summed E-state index contributed by atoms with van der Waals surface area (Å²) in [5.74, 6) is 0.